The van der Waals surface area contributed by atoms with E-state index in [0.717, 1.165) is 28.5 Å². The van der Waals surface area contributed by atoms with Gasteiger partial charge in [-0.05, 0) is 24.1 Å². The number of hydrogen-bond acceptors (Lipinski definition) is 2. The van der Waals surface area contributed by atoms with Crippen LogP contribution in [0.5, 0.6) is 0 Å². The summed E-state index contributed by atoms with van der Waals surface area (Å²) >= 11 is 0. The molecule has 0 radical (unpaired) electrons. The molecule has 0 amide bonds. The molecule has 0 aliphatic heterocycles. The Morgan fingerprint density at radius 2 is 1.79 bits per heavy atom. The predicted molar refractivity (Wildman–Crippen MR) is 75.5 cm³/mol. The van der Waals surface area contributed by atoms with Crippen molar-refractivity contribution in [3.63, 3.8) is 0 Å². The zero-order valence-electron chi connectivity index (χ0n) is 10.7. The minimum atomic E-state index is -0.0475. The van der Waals surface area contributed by atoms with E-state index in [9.17, 15) is 4.79 Å². The van der Waals surface area contributed by atoms with Crippen molar-refractivity contribution in [1.29, 1.82) is 0 Å². The fourth-order valence-corrected chi connectivity index (χ4v) is 2.28. The highest BCUT2D eigenvalue weighted by molar-refractivity contribution is 6.09. The summed E-state index contributed by atoms with van der Waals surface area (Å²) < 4.78 is 5.63. The van der Waals surface area contributed by atoms with Crippen LogP contribution < -0.4 is 0 Å². The average molecular weight is 250 g/mol. The van der Waals surface area contributed by atoms with Gasteiger partial charge in [-0.25, -0.2) is 0 Å². The first-order chi connectivity index (χ1) is 9.29. The molecule has 0 aliphatic rings. The third-order valence-corrected chi connectivity index (χ3v) is 3.29. The average Bonchev–Trinajstić information content (AvgIpc) is 2.90. The molecule has 2 heteroatoms. The van der Waals surface area contributed by atoms with Crippen LogP contribution in [-0.2, 0) is 6.42 Å². The lowest BCUT2D eigenvalue weighted by Gasteiger charge is -2.04. The molecule has 0 bridgehead atoms. The van der Waals surface area contributed by atoms with E-state index in [2.05, 4.69) is 0 Å². The summed E-state index contributed by atoms with van der Waals surface area (Å²) in [6.45, 7) is 2.05. The number of fused-ring (bicyclic) bond motifs is 1. The molecule has 94 valence electrons. The number of benzene rings is 2. The number of ketones is 1. The van der Waals surface area contributed by atoms with E-state index in [-0.39, 0.29) is 5.78 Å². The summed E-state index contributed by atoms with van der Waals surface area (Å²) in [5.41, 5.74) is 2.52. The summed E-state index contributed by atoms with van der Waals surface area (Å²) in [6, 6.07) is 17.1. The standard InChI is InChI=1S/C17H14O2/c1-2-12-7-3-5-9-14(12)17(18)16-11-13-8-4-6-10-15(13)19-16/h3-11H,2H2,1H3. The van der Waals surface area contributed by atoms with E-state index in [1.54, 1.807) is 0 Å². The molecule has 1 aromatic heterocycles. The Balaban J connectivity index is 2.08. The van der Waals surface area contributed by atoms with Crippen LogP contribution in [0.4, 0.5) is 0 Å². The first-order valence-electron chi connectivity index (χ1n) is 6.41. The number of para-hydroxylation sites is 1. The largest absolute Gasteiger partial charge is 0.453 e. The van der Waals surface area contributed by atoms with Crippen LogP contribution in [0.2, 0.25) is 0 Å². The van der Waals surface area contributed by atoms with Crippen molar-refractivity contribution >= 4 is 16.8 Å². The number of carbonyl (C=O) groups is 1. The summed E-state index contributed by atoms with van der Waals surface area (Å²) in [5, 5.41) is 0.958. The minimum absolute atomic E-state index is 0.0475. The second-order valence-electron chi connectivity index (χ2n) is 4.49. The van der Waals surface area contributed by atoms with Gasteiger partial charge in [0.2, 0.25) is 5.78 Å². The van der Waals surface area contributed by atoms with E-state index >= 15 is 0 Å². The Morgan fingerprint density at radius 1 is 1.05 bits per heavy atom. The first-order valence-corrected chi connectivity index (χ1v) is 6.41. The third-order valence-electron chi connectivity index (χ3n) is 3.29. The Bertz CT molecular complexity index is 705. The van der Waals surface area contributed by atoms with Crippen molar-refractivity contribution in [3.05, 3.63) is 71.5 Å². The molecule has 0 spiro atoms. The summed E-state index contributed by atoms with van der Waals surface area (Å²) in [7, 11) is 0. The van der Waals surface area contributed by atoms with Gasteiger partial charge in [-0.3, -0.25) is 4.79 Å². The van der Waals surface area contributed by atoms with Crippen LogP contribution in [0.3, 0.4) is 0 Å². The van der Waals surface area contributed by atoms with Crippen LogP contribution >= 0.6 is 0 Å². The molecule has 2 nitrogen and oxygen atoms in total. The monoisotopic (exact) mass is 250 g/mol. The van der Waals surface area contributed by atoms with Gasteiger partial charge in [-0.15, -0.1) is 0 Å². The van der Waals surface area contributed by atoms with Crippen LogP contribution in [-0.4, -0.2) is 5.78 Å². The maximum atomic E-state index is 12.5. The van der Waals surface area contributed by atoms with Gasteiger partial charge < -0.3 is 4.42 Å². The van der Waals surface area contributed by atoms with Gasteiger partial charge in [0.25, 0.3) is 0 Å². The minimum Gasteiger partial charge on any atom is -0.453 e. The molecular weight excluding hydrogens is 236 g/mol. The van der Waals surface area contributed by atoms with Gasteiger partial charge in [-0.2, -0.15) is 0 Å². The SMILES string of the molecule is CCc1ccccc1C(=O)c1cc2ccccc2o1. The molecule has 0 unspecified atom stereocenters. The molecule has 0 saturated carbocycles. The molecule has 3 rings (SSSR count). The van der Waals surface area contributed by atoms with Crippen LogP contribution in [0, 0.1) is 0 Å². The van der Waals surface area contributed by atoms with E-state index in [0.29, 0.717) is 5.76 Å². The fraction of sp³-hybridized carbons (Fsp3) is 0.118. The van der Waals surface area contributed by atoms with Crippen molar-refractivity contribution in [3.8, 4) is 0 Å². The van der Waals surface area contributed by atoms with Crippen molar-refractivity contribution in [1.82, 2.24) is 0 Å². The second kappa shape index (κ2) is 4.73. The highest BCUT2D eigenvalue weighted by Crippen LogP contribution is 2.22. The number of rotatable bonds is 3. The highest BCUT2D eigenvalue weighted by atomic mass is 16.3. The Morgan fingerprint density at radius 3 is 2.58 bits per heavy atom. The first kappa shape index (κ1) is 11.7. The summed E-state index contributed by atoms with van der Waals surface area (Å²) in [5.74, 6) is 0.357. The molecular formula is C17H14O2. The molecule has 2 aromatic carbocycles. The van der Waals surface area contributed by atoms with Gasteiger partial charge in [0.1, 0.15) is 5.58 Å². The molecule has 0 saturated heterocycles. The van der Waals surface area contributed by atoms with Gasteiger partial charge in [0.05, 0.1) is 0 Å². The van der Waals surface area contributed by atoms with Gasteiger partial charge in [0, 0.05) is 10.9 Å². The summed E-state index contributed by atoms with van der Waals surface area (Å²) in [4.78, 5) is 12.5. The Hall–Kier alpha value is -2.35. The lowest BCUT2D eigenvalue weighted by molar-refractivity contribution is 0.101. The topological polar surface area (TPSA) is 30.2 Å². The van der Waals surface area contributed by atoms with E-state index in [1.807, 2.05) is 61.5 Å². The quantitative estimate of drug-likeness (QED) is 0.651. The Kier molecular flexibility index (Phi) is 2.92. The lowest BCUT2D eigenvalue weighted by Crippen LogP contribution is -2.03. The van der Waals surface area contributed by atoms with Crippen LogP contribution in [0.25, 0.3) is 11.0 Å². The molecule has 0 atom stereocenters. The molecule has 1 heterocycles. The molecule has 0 aliphatic carbocycles. The van der Waals surface area contributed by atoms with Crippen molar-refractivity contribution < 1.29 is 9.21 Å². The zero-order chi connectivity index (χ0) is 13.2. The number of hydrogen-bond donors (Lipinski definition) is 0. The lowest BCUT2D eigenvalue weighted by atomic mass is 10.0. The normalized spacial score (nSPS) is 10.8. The number of furan rings is 1. The number of carbonyl (C=O) groups excluding carboxylic acids is 1. The van der Waals surface area contributed by atoms with Gasteiger partial charge in [0.15, 0.2) is 5.76 Å². The van der Waals surface area contributed by atoms with Crippen molar-refractivity contribution in [2.24, 2.45) is 0 Å². The third kappa shape index (κ3) is 2.06. The van der Waals surface area contributed by atoms with Crippen molar-refractivity contribution in [2.45, 2.75) is 13.3 Å². The second-order valence-corrected chi connectivity index (χ2v) is 4.49. The van der Waals surface area contributed by atoms with Crippen molar-refractivity contribution in [2.75, 3.05) is 0 Å². The highest BCUT2D eigenvalue weighted by Gasteiger charge is 2.16. The predicted octanol–water partition coefficient (Wildman–Crippen LogP) is 4.23. The Labute approximate surface area is 111 Å². The number of aryl methyl sites for hydroxylation is 1. The zero-order valence-corrected chi connectivity index (χ0v) is 10.7. The van der Waals surface area contributed by atoms with Gasteiger partial charge >= 0.3 is 0 Å². The molecule has 0 N–H and O–H groups in total. The maximum Gasteiger partial charge on any atom is 0.228 e. The van der Waals surface area contributed by atoms with E-state index in [1.165, 1.54) is 0 Å². The maximum absolute atomic E-state index is 12.5. The fourth-order valence-electron chi connectivity index (χ4n) is 2.28. The smallest absolute Gasteiger partial charge is 0.228 e. The molecule has 19 heavy (non-hydrogen) atoms. The van der Waals surface area contributed by atoms with Crippen LogP contribution in [0.15, 0.2) is 59.0 Å². The van der Waals surface area contributed by atoms with Gasteiger partial charge in [-0.1, -0.05) is 49.4 Å². The van der Waals surface area contributed by atoms with E-state index < -0.39 is 0 Å². The summed E-state index contributed by atoms with van der Waals surface area (Å²) in [6.07, 6.45) is 0.835. The molecule has 3 aromatic rings. The van der Waals surface area contributed by atoms with E-state index in [4.69, 9.17) is 4.42 Å². The molecule has 0 fully saturated rings. The van der Waals surface area contributed by atoms with Crippen LogP contribution in [0.1, 0.15) is 28.6 Å².